The lowest BCUT2D eigenvalue weighted by atomic mass is 9.94. The molecule has 1 heterocycles. The van der Waals surface area contributed by atoms with Crippen LogP contribution in [0.1, 0.15) is 24.4 Å². The van der Waals surface area contributed by atoms with Gasteiger partial charge in [0.2, 0.25) is 0 Å². The summed E-state index contributed by atoms with van der Waals surface area (Å²) >= 11 is 5.23. The molecule has 20 heavy (non-hydrogen) atoms. The lowest BCUT2D eigenvalue weighted by molar-refractivity contribution is -0.147. The second-order valence-corrected chi connectivity index (χ2v) is 5.52. The first-order valence-electron chi connectivity index (χ1n) is 6.79. The van der Waals surface area contributed by atoms with Crippen LogP contribution in [0.25, 0.3) is 0 Å². The summed E-state index contributed by atoms with van der Waals surface area (Å²) in [6.45, 7) is 1.60. The number of thiocarbonyl (C=S) groups is 1. The number of nitrogens with two attached hydrogens (primary N) is 1. The molecule has 1 aromatic rings. The van der Waals surface area contributed by atoms with Crippen molar-refractivity contribution >= 4 is 23.2 Å². The average Bonchev–Trinajstić information content (AvgIpc) is 2.48. The molecule has 0 saturated carbocycles. The summed E-state index contributed by atoms with van der Waals surface area (Å²) < 4.78 is 4.81. The molecule has 1 atom stereocenters. The summed E-state index contributed by atoms with van der Waals surface area (Å²) in [7, 11) is 1.44. The molecule has 2 rings (SSSR count). The second-order valence-electron chi connectivity index (χ2n) is 5.05. The van der Waals surface area contributed by atoms with Crippen LogP contribution in [0.15, 0.2) is 30.3 Å². The minimum Gasteiger partial charge on any atom is -0.469 e. The smallest absolute Gasteiger partial charge is 0.308 e. The largest absolute Gasteiger partial charge is 0.469 e. The first-order chi connectivity index (χ1) is 9.63. The lowest BCUT2D eigenvalue weighted by Gasteiger charge is -2.36. The van der Waals surface area contributed by atoms with E-state index in [0.29, 0.717) is 4.99 Å². The maximum Gasteiger partial charge on any atom is 0.308 e. The first-order valence-corrected chi connectivity index (χ1v) is 7.20. The summed E-state index contributed by atoms with van der Waals surface area (Å²) in [5, 5.41) is 0. The number of esters is 1. The molecule has 0 radical (unpaired) electrons. The number of ether oxygens (including phenoxy) is 1. The molecule has 1 saturated heterocycles. The highest BCUT2D eigenvalue weighted by Gasteiger charge is 2.30. The van der Waals surface area contributed by atoms with Crippen LogP contribution in [-0.4, -0.2) is 36.1 Å². The fraction of sp³-hybridized carbons (Fsp3) is 0.467. The second kappa shape index (κ2) is 6.81. The third-order valence-corrected chi connectivity index (χ3v) is 4.04. The van der Waals surface area contributed by atoms with E-state index in [-0.39, 0.29) is 17.9 Å². The molecular formula is C15H20N2O2S. The van der Waals surface area contributed by atoms with Crippen molar-refractivity contribution in [1.29, 1.82) is 0 Å². The van der Waals surface area contributed by atoms with Gasteiger partial charge in [-0.05, 0) is 31.5 Å². The zero-order chi connectivity index (χ0) is 14.5. The van der Waals surface area contributed by atoms with Crippen molar-refractivity contribution in [3.63, 3.8) is 0 Å². The van der Waals surface area contributed by atoms with Gasteiger partial charge >= 0.3 is 5.97 Å². The van der Waals surface area contributed by atoms with Crippen LogP contribution in [0.5, 0.6) is 0 Å². The van der Waals surface area contributed by atoms with Gasteiger partial charge in [-0.2, -0.15) is 0 Å². The topological polar surface area (TPSA) is 55.6 Å². The third kappa shape index (κ3) is 3.35. The Bertz CT molecular complexity index is 470. The molecule has 1 unspecified atom stereocenters. The number of methoxy groups -OCH3 is 1. The maximum absolute atomic E-state index is 11.6. The number of hydrogen-bond donors (Lipinski definition) is 1. The van der Waals surface area contributed by atoms with E-state index in [2.05, 4.69) is 4.90 Å². The Morgan fingerprint density at radius 2 is 1.95 bits per heavy atom. The zero-order valence-electron chi connectivity index (χ0n) is 11.6. The van der Waals surface area contributed by atoms with Crippen molar-refractivity contribution in [2.45, 2.75) is 18.9 Å². The Hall–Kier alpha value is -1.46. The van der Waals surface area contributed by atoms with E-state index in [0.717, 1.165) is 31.5 Å². The van der Waals surface area contributed by atoms with Crippen molar-refractivity contribution in [3.05, 3.63) is 35.9 Å². The molecule has 0 amide bonds. The molecule has 108 valence electrons. The summed E-state index contributed by atoms with van der Waals surface area (Å²) in [5.74, 6) is -0.116. The van der Waals surface area contributed by atoms with E-state index in [1.165, 1.54) is 7.11 Å². The fourth-order valence-electron chi connectivity index (χ4n) is 2.75. The van der Waals surface area contributed by atoms with Crippen molar-refractivity contribution in [3.8, 4) is 0 Å². The van der Waals surface area contributed by atoms with Crippen LogP contribution >= 0.6 is 12.2 Å². The first kappa shape index (κ1) is 14.9. The van der Waals surface area contributed by atoms with E-state index in [9.17, 15) is 4.79 Å². The van der Waals surface area contributed by atoms with Crippen LogP contribution in [0.3, 0.4) is 0 Å². The van der Waals surface area contributed by atoms with Crippen LogP contribution in [-0.2, 0) is 9.53 Å². The fourth-order valence-corrected chi connectivity index (χ4v) is 3.04. The average molecular weight is 292 g/mol. The van der Waals surface area contributed by atoms with Crippen molar-refractivity contribution < 1.29 is 9.53 Å². The van der Waals surface area contributed by atoms with Gasteiger partial charge in [0.1, 0.15) is 0 Å². The van der Waals surface area contributed by atoms with Crippen molar-refractivity contribution in [1.82, 2.24) is 4.90 Å². The van der Waals surface area contributed by atoms with Gasteiger partial charge in [0.15, 0.2) is 0 Å². The standard InChI is InChI=1S/C15H20N2O2S/c1-19-15(18)12-7-9-17(10-8-12)13(14(16)20)11-5-3-2-4-6-11/h2-6,12-13H,7-10H2,1H3,(H2,16,20). The van der Waals surface area contributed by atoms with Gasteiger partial charge in [-0.1, -0.05) is 42.5 Å². The molecular weight excluding hydrogens is 272 g/mol. The number of hydrogen-bond acceptors (Lipinski definition) is 4. The molecule has 0 aliphatic carbocycles. The SMILES string of the molecule is COC(=O)C1CCN(C(C(N)=S)c2ccccc2)CC1. The highest BCUT2D eigenvalue weighted by atomic mass is 32.1. The van der Waals surface area contributed by atoms with Crippen LogP contribution < -0.4 is 5.73 Å². The Balaban J connectivity index is 2.06. The van der Waals surface area contributed by atoms with Crippen molar-refractivity contribution in [2.24, 2.45) is 11.7 Å². The Labute approximate surface area is 124 Å². The van der Waals surface area contributed by atoms with Gasteiger partial charge in [0, 0.05) is 0 Å². The van der Waals surface area contributed by atoms with Crippen LogP contribution in [0.4, 0.5) is 0 Å². The van der Waals surface area contributed by atoms with Crippen LogP contribution in [0, 0.1) is 5.92 Å². The molecule has 1 aliphatic heterocycles. The molecule has 1 fully saturated rings. The Kier molecular flexibility index (Phi) is 5.09. The summed E-state index contributed by atoms with van der Waals surface area (Å²) in [5.41, 5.74) is 7.03. The van der Waals surface area contributed by atoms with E-state index in [1.807, 2.05) is 30.3 Å². The number of piperidine rings is 1. The maximum atomic E-state index is 11.6. The van der Waals surface area contributed by atoms with Gasteiger partial charge in [-0.15, -0.1) is 0 Å². The third-order valence-electron chi connectivity index (χ3n) is 3.81. The van der Waals surface area contributed by atoms with E-state index >= 15 is 0 Å². The zero-order valence-corrected chi connectivity index (χ0v) is 12.4. The Morgan fingerprint density at radius 1 is 1.35 bits per heavy atom. The number of nitrogens with zero attached hydrogens (tertiary/aromatic N) is 1. The monoisotopic (exact) mass is 292 g/mol. The van der Waals surface area contributed by atoms with E-state index in [4.69, 9.17) is 22.7 Å². The summed E-state index contributed by atoms with van der Waals surface area (Å²) in [6, 6.07) is 9.98. The molecule has 0 bridgehead atoms. The van der Waals surface area contributed by atoms with Gasteiger partial charge in [-0.25, -0.2) is 0 Å². The molecule has 1 aliphatic rings. The predicted octanol–water partition coefficient (Wildman–Crippen LogP) is 1.90. The lowest BCUT2D eigenvalue weighted by Crippen LogP contribution is -2.43. The molecule has 0 aromatic heterocycles. The Morgan fingerprint density at radius 3 is 2.45 bits per heavy atom. The minimum absolute atomic E-state index is 0.000908. The number of benzene rings is 1. The van der Waals surface area contributed by atoms with Crippen LogP contribution in [0.2, 0.25) is 0 Å². The van der Waals surface area contributed by atoms with E-state index in [1.54, 1.807) is 0 Å². The number of likely N-dealkylation sites (tertiary alicyclic amines) is 1. The van der Waals surface area contributed by atoms with Gasteiger partial charge in [0.05, 0.1) is 24.1 Å². The number of carbonyl (C=O) groups excluding carboxylic acids is 1. The van der Waals surface area contributed by atoms with Gasteiger partial charge in [-0.3, -0.25) is 9.69 Å². The molecule has 2 N–H and O–H groups in total. The number of carbonyl (C=O) groups is 1. The summed E-state index contributed by atoms with van der Waals surface area (Å²) in [6.07, 6.45) is 1.58. The highest BCUT2D eigenvalue weighted by Crippen LogP contribution is 2.27. The summed E-state index contributed by atoms with van der Waals surface area (Å²) in [4.78, 5) is 14.3. The molecule has 1 aromatic carbocycles. The van der Waals surface area contributed by atoms with Crippen molar-refractivity contribution in [2.75, 3.05) is 20.2 Å². The molecule has 4 nitrogen and oxygen atoms in total. The molecule has 5 heteroatoms. The predicted molar refractivity (Wildman–Crippen MR) is 82.3 cm³/mol. The highest BCUT2D eigenvalue weighted by molar-refractivity contribution is 7.80. The minimum atomic E-state index is -0.115. The normalized spacial score (nSPS) is 18.4. The van der Waals surface area contributed by atoms with Gasteiger partial charge in [0.25, 0.3) is 0 Å². The molecule has 0 spiro atoms. The quantitative estimate of drug-likeness (QED) is 0.678. The van der Waals surface area contributed by atoms with E-state index < -0.39 is 0 Å². The number of rotatable bonds is 4. The van der Waals surface area contributed by atoms with Gasteiger partial charge < -0.3 is 10.5 Å².